The van der Waals surface area contributed by atoms with Crippen molar-refractivity contribution in [3.8, 4) is 0 Å². The molecule has 0 aliphatic carbocycles. The molecule has 1 unspecified atom stereocenters. The minimum Gasteiger partial charge on any atom is -0.356 e. The zero-order valence-electron chi connectivity index (χ0n) is 16.3. The summed E-state index contributed by atoms with van der Waals surface area (Å²) >= 11 is 0. The Labute approximate surface area is 152 Å². The molecule has 0 aliphatic heterocycles. The van der Waals surface area contributed by atoms with Crippen LogP contribution in [0.3, 0.4) is 0 Å². The molecule has 5 heteroatoms. The average molecular weight is 351 g/mol. The molecule has 142 valence electrons. The fourth-order valence-corrected chi connectivity index (χ4v) is 2.85. The molecule has 0 amide bonds. The molecular weight excluding hydrogens is 315 g/mol. The van der Waals surface area contributed by atoms with Gasteiger partial charge in [0.15, 0.2) is 5.96 Å². The highest BCUT2D eigenvalue weighted by atomic mass is 19.1. The maximum absolute atomic E-state index is 13.2. The zero-order valence-corrected chi connectivity index (χ0v) is 16.3. The van der Waals surface area contributed by atoms with Crippen LogP contribution in [0.2, 0.25) is 0 Å². The summed E-state index contributed by atoms with van der Waals surface area (Å²) in [4.78, 5) is 6.74. The van der Waals surface area contributed by atoms with E-state index in [0.29, 0.717) is 6.04 Å². The van der Waals surface area contributed by atoms with Gasteiger partial charge in [-0.3, -0.25) is 4.99 Å². The van der Waals surface area contributed by atoms with Gasteiger partial charge in [0, 0.05) is 19.6 Å². The van der Waals surface area contributed by atoms with Gasteiger partial charge in [-0.1, -0.05) is 26.0 Å². The fourth-order valence-electron chi connectivity index (χ4n) is 2.85. The van der Waals surface area contributed by atoms with E-state index in [0.717, 1.165) is 57.0 Å². The predicted octanol–water partition coefficient (Wildman–Crippen LogP) is 3.43. The van der Waals surface area contributed by atoms with Gasteiger partial charge in [-0.05, 0) is 69.9 Å². The van der Waals surface area contributed by atoms with E-state index in [9.17, 15) is 4.39 Å². The maximum atomic E-state index is 13.2. The van der Waals surface area contributed by atoms with Crippen LogP contribution in [0.25, 0.3) is 0 Å². The summed E-state index contributed by atoms with van der Waals surface area (Å²) in [5.41, 5.74) is 1.04. The number of rotatable bonds is 11. The van der Waals surface area contributed by atoms with Gasteiger partial charge in [-0.15, -0.1) is 0 Å². The summed E-state index contributed by atoms with van der Waals surface area (Å²) in [6.07, 6.45) is 4.12. The van der Waals surface area contributed by atoms with Crippen molar-refractivity contribution >= 4 is 5.96 Å². The molecule has 1 atom stereocenters. The number of hydrogen-bond donors (Lipinski definition) is 2. The third kappa shape index (κ3) is 9.44. The highest BCUT2D eigenvalue weighted by molar-refractivity contribution is 5.79. The van der Waals surface area contributed by atoms with Crippen LogP contribution in [0.15, 0.2) is 29.3 Å². The van der Waals surface area contributed by atoms with Crippen LogP contribution < -0.4 is 10.6 Å². The number of nitrogens with one attached hydrogen (secondary N) is 2. The molecule has 0 aromatic heterocycles. The molecule has 0 saturated heterocycles. The quantitative estimate of drug-likeness (QED) is 0.365. The first-order chi connectivity index (χ1) is 12.1. The number of aryl methyl sites for hydroxylation is 1. The Hall–Kier alpha value is -1.62. The van der Waals surface area contributed by atoms with E-state index in [4.69, 9.17) is 0 Å². The fraction of sp³-hybridized carbons (Fsp3) is 0.650. The summed E-state index contributed by atoms with van der Waals surface area (Å²) < 4.78 is 13.2. The second-order valence-electron chi connectivity index (χ2n) is 6.45. The number of nitrogens with zero attached hydrogens (tertiary/aromatic N) is 2. The molecule has 2 N–H and O–H groups in total. The molecule has 1 rings (SSSR count). The van der Waals surface area contributed by atoms with E-state index in [1.807, 2.05) is 6.07 Å². The van der Waals surface area contributed by atoms with Gasteiger partial charge in [0.2, 0.25) is 0 Å². The van der Waals surface area contributed by atoms with Gasteiger partial charge >= 0.3 is 0 Å². The van der Waals surface area contributed by atoms with Crippen molar-refractivity contribution in [2.75, 3.05) is 33.2 Å². The van der Waals surface area contributed by atoms with E-state index in [1.54, 1.807) is 19.2 Å². The SMILES string of the molecule is CCN(CC)CCCC(C)NC(=NC)NCCCc1cccc(F)c1. The molecule has 0 saturated carbocycles. The van der Waals surface area contributed by atoms with Gasteiger partial charge < -0.3 is 15.5 Å². The summed E-state index contributed by atoms with van der Waals surface area (Å²) in [5, 5.41) is 6.79. The first-order valence-corrected chi connectivity index (χ1v) is 9.53. The third-order valence-corrected chi connectivity index (χ3v) is 4.44. The lowest BCUT2D eigenvalue weighted by Crippen LogP contribution is -2.42. The first kappa shape index (κ1) is 21.4. The summed E-state index contributed by atoms with van der Waals surface area (Å²) in [6.45, 7) is 10.8. The monoisotopic (exact) mass is 350 g/mol. The maximum Gasteiger partial charge on any atom is 0.191 e. The first-order valence-electron chi connectivity index (χ1n) is 9.53. The number of guanidine groups is 1. The molecule has 25 heavy (non-hydrogen) atoms. The van der Waals surface area contributed by atoms with E-state index < -0.39 is 0 Å². The van der Waals surface area contributed by atoms with Gasteiger partial charge in [-0.25, -0.2) is 4.39 Å². The van der Waals surface area contributed by atoms with Crippen molar-refractivity contribution in [2.45, 2.75) is 52.5 Å². The smallest absolute Gasteiger partial charge is 0.191 e. The van der Waals surface area contributed by atoms with E-state index in [2.05, 4.69) is 41.3 Å². The minimum absolute atomic E-state index is 0.165. The zero-order chi connectivity index (χ0) is 18.5. The van der Waals surface area contributed by atoms with Crippen molar-refractivity contribution in [1.82, 2.24) is 15.5 Å². The molecule has 0 spiro atoms. The Morgan fingerprint density at radius 1 is 1.24 bits per heavy atom. The lowest BCUT2D eigenvalue weighted by atomic mass is 10.1. The van der Waals surface area contributed by atoms with Gasteiger partial charge in [-0.2, -0.15) is 0 Å². The van der Waals surface area contributed by atoms with Crippen LogP contribution in [0.4, 0.5) is 4.39 Å². The van der Waals surface area contributed by atoms with Gasteiger partial charge in [0.1, 0.15) is 5.82 Å². The molecule has 0 bridgehead atoms. The largest absolute Gasteiger partial charge is 0.356 e. The van der Waals surface area contributed by atoms with Crippen molar-refractivity contribution in [1.29, 1.82) is 0 Å². The van der Waals surface area contributed by atoms with Crippen molar-refractivity contribution in [3.63, 3.8) is 0 Å². The Kier molecular flexibility index (Phi) is 10.9. The number of aliphatic imine (C=N–C) groups is 1. The summed E-state index contributed by atoms with van der Waals surface area (Å²) in [6, 6.07) is 7.21. The number of benzene rings is 1. The topological polar surface area (TPSA) is 39.7 Å². The average Bonchev–Trinajstić information content (AvgIpc) is 2.61. The van der Waals surface area contributed by atoms with Crippen LogP contribution >= 0.6 is 0 Å². The molecule has 0 aliphatic rings. The Bertz CT molecular complexity index is 500. The lowest BCUT2D eigenvalue weighted by Gasteiger charge is -2.21. The Morgan fingerprint density at radius 3 is 2.64 bits per heavy atom. The van der Waals surface area contributed by atoms with Crippen molar-refractivity contribution in [2.24, 2.45) is 4.99 Å². The molecule has 4 nitrogen and oxygen atoms in total. The van der Waals surface area contributed by atoms with E-state index >= 15 is 0 Å². The summed E-state index contributed by atoms with van der Waals surface area (Å²) in [5.74, 6) is 0.677. The van der Waals surface area contributed by atoms with Crippen LogP contribution in [0.1, 0.15) is 45.6 Å². The number of hydrogen-bond acceptors (Lipinski definition) is 2. The predicted molar refractivity (Wildman–Crippen MR) is 106 cm³/mol. The van der Waals surface area contributed by atoms with Crippen LogP contribution in [0.5, 0.6) is 0 Å². The second kappa shape index (κ2) is 12.7. The van der Waals surface area contributed by atoms with Crippen molar-refractivity contribution in [3.05, 3.63) is 35.6 Å². The standard InChI is InChI=1S/C20H35FN4/c1-5-25(6-2)15-9-10-17(3)24-20(22-4)23-14-8-12-18-11-7-13-19(21)16-18/h7,11,13,16-17H,5-6,8-10,12,14-15H2,1-4H3,(H2,22,23,24). The normalized spacial score (nSPS) is 13.1. The second-order valence-corrected chi connectivity index (χ2v) is 6.45. The van der Waals surface area contributed by atoms with Crippen molar-refractivity contribution < 1.29 is 4.39 Å². The Balaban J connectivity index is 2.20. The van der Waals surface area contributed by atoms with Crippen LogP contribution in [-0.2, 0) is 6.42 Å². The van der Waals surface area contributed by atoms with Crippen LogP contribution in [0, 0.1) is 5.82 Å². The van der Waals surface area contributed by atoms with E-state index in [-0.39, 0.29) is 5.82 Å². The molecule has 1 aromatic rings. The molecule has 0 radical (unpaired) electrons. The van der Waals surface area contributed by atoms with Gasteiger partial charge in [0.05, 0.1) is 0 Å². The van der Waals surface area contributed by atoms with Crippen LogP contribution in [-0.4, -0.2) is 50.1 Å². The molecular formula is C20H35FN4. The Morgan fingerprint density at radius 2 is 2.00 bits per heavy atom. The highest BCUT2D eigenvalue weighted by Gasteiger charge is 2.06. The minimum atomic E-state index is -0.165. The molecule has 0 heterocycles. The lowest BCUT2D eigenvalue weighted by molar-refractivity contribution is 0.292. The molecule has 1 aromatic carbocycles. The highest BCUT2D eigenvalue weighted by Crippen LogP contribution is 2.05. The number of halogens is 1. The van der Waals surface area contributed by atoms with Gasteiger partial charge in [0.25, 0.3) is 0 Å². The third-order valence-electron chi connectivity index (χ3n) is 4.44. The van der Waals surface area contributed by atoms with E-state index in [1.165, 1.54) is 12.5 Å². The molecule has 0 fully saturated rings. The summed E-state index contributed by atoms with van der Waals surface area (Å²) in [7, 11) is 1.80.